The number of aromatic nitrogens is 1. The van der Waals surface area contributed by atoms with E-state index >= 15 is 0 Å². The summed E-state index contributed by atoms with van der Waals surface area (Å²) in [5, 5.41) is 0. The zero-order chi connectivity index (χ0) is 10.0. The Morgan fingerprint density at radius 3 is 2.54 bits per heavy atom. The van der Waals surface area contributed by atoms with Crippen molar-refractivity contribution in [2.75, 3.05) is 0 Å². The van der Waals surface area contributed by atoms with Crippen LogP contribution in [0.2, 0.25) is 0 Å². The number of pyridine rings is 1. The summed E-state index contributed by atoms with van der Waals surface area (Å²) >= 11 is 11.7. The van der Waals surface area contributed by atoms with Gasteiger partial charge in [-0.05, 0) is 31.9 Å². The standard InChI is InChI=1S/C7H4Br2ClF2N/c8-5-3(1-10)6(9)13-2-4(5)7(11)12/h2,7H,1H2. The lowest BCUT2D eigenvalue weighted by atomic mass is 10.2. The summed E-state index contributed by atoms with van der Waals surface area (Å²) in [6.07, 6.45) is -1.42. The number of hydrogen-bond donors (Lipinski definition) is 0. The minimum atomic E-state index is -2.54. The number of hydrogen-bond acceptors (Lipinski definition) is 1. The zero-order valence-electron chi connectivity index (χ0n) is 6.20. The van der Waals surface area contributed by atoms with Crippen molar-refractivity contribution in [2.45, 2.75) is 12.3 Å². The Labute approximate surface area is 95.8 Å². The normalized spacial score (nSPS) is 10.9. The molecule has 1 aromatic rings. The van der Waals surface area contributed by atoms with Crippen LogP contribution in [0.4, 0.5) is 8.78 Å². The molecule has 13 heavy (non-hydrogen) atoms. The molecule has 0 saturated heterocycles. The maximum Gasteiger partial charge on any atom is 0.266 e. The van der Waals surface area contributed by atoms with Gasteiger partial charge in [-0.3, -0.25) is 0 Å². The lowest BCUT2D eigenvalue weighted by Crippen LogP contribution is -1.95. The highest BCUT2D eigenvalue weighted by Crippen LogP contribution is 2.33. The van der Waals surface area contributed by atoms with E-state index in [4.69, 9.17) is 11.6 Å². The van der Waals surface area contributed by atoms with Gasteiger partial charge < -0.3 is 0 Å². The summed E-state index contributed by atoms with van der Waals surface area (Å²) in [6.45, 7) is 0. The first-order chi connectivity index (χ1) is 6.07. The third-order valence-electron chi connectivity index (χ3n) is 1.45. The van der Waals surface area contributed by atoms with E-state index in [2.05, 4.69) is 36.8 Å². The van der Waals surface area contributed by atoms with Gasteiger partial charge in [0.05, 0.1) is 11.4 Å². The van der Waals surface area contributed by atoms with E-state index in [1.807, 2.05) is 0 Å². The Balaban J connectivity index is 3.27. The van der Waals surface area contributed by atoms with Crippen molar-refractivity contribution < 1.29 is 8.78 Å². The molecule has 0 atom stereocenters. The molecule has 0 aromatic carbocycles. The van der Waals surface area contributed by atoms with Crippen LogP contribution in [-0.4, -0.2) is 4.98 Å². The molecular weight excluding hydrogens is 331 g/mol. The fourth-order valence-corrected chi connectivity index (χ4v) is 2.68. The summed E-state index contributed by atoms with van der Waals surface area (Å²) in [6, 6.07) is 0. The van der Waals surface area contributed by atoms with E-state index in [9.17, 15) is 8.78 Å². The molecule has 1 aromatic heterocycles. The first-order valence-electron chi connectivity index (χ1n) is 3.24. The van der Waals surface area contributed by atoms with Crippen molar-refractivity contribution in [1.29, 1.82) is 0 Å². The fourth-order valence-electron chi connectivity index (χ4n) is 0.792. The first kappa shape index (κ1) is 11.3. The lowest BCUT2D eigenvalue weighted by molar-refractivity contribution is 0.150. The lowest BCUT2D eigenvalue weighted by Gasteiger charge is -2.07. The van der Waals surface area contributed by atoms with Crippen LogP contribution in [0.3, 0.4) is 0 Å². The number of rotatable bonds is 2. The maximum absolute atomic E-state index is 12.3. The van der Waals surface area contributed by atoms with E-state index in [0.717, 1.165) is 6.20 Å². The van der Waals surface area contributed by atoms with Crippen molar-refractivity contribution in [1.82, 2.24) is 4.98 Å². The third-order valence-corrected chi connectivity index (χ3v) is 3.34. The molecule has 0 aliphatic heterocycles. The van der Waals surface area contributed by atoms with Gasteiger partial charge in [0, 0.05) is 16.2 Å². The minimum Gasteiger partial charge on any atom is -0.248 e. The van der Waals surface area contributed by atoms with Crippen molar-refractivity contribution >= 4 is 43.5 Å². The molecule has 0 N–H and O–H groups in total. The van der Waals surface area contributed by atoms with Crippen LogP contribution in [0.1, 0.15) is 17.6 Å². The third kappa shape index (κ3) is 2.39. The van der Waals surface area contributed by atoms with E-state index in [-0.39, 0.29) is 11.4 Å². The molecule has 0 spiro atoms. The summed E-state index contributed by atoms with van der Waals surface area (Å²) < 4.78 is 25.5. The summed E-state index contributed by atoms with van der Waals surface area (Å²) in [4.78, 5) is 3.75. The highest BCUT2D eigenvalue weighted by atomic mass is 79.9. The molecule has 1 rings (SSSR count). The van der Waals surface area contributed by atoms with Gasteiger partial charge in [0.1, 0.15) is 4.60 Å². The fraction of sp³-hybridized carbons (Fsp3) is 0.286. The SMILES string of the molecule is FC(F)c1cnc(Br)c(CCl)c1Br. The van der Waals surface area contributed by atoms with Gasteiger partial charge in [-0.2, -0.15) is 0 Å². The summed E-state index contributed by atoms with van der Waals surface area (Å²) in [5.74, 6) is 0.134. The molecule has 0 aliphatic carbocycles. The largest absolute Gasteiger partial charge is 0.266 e. The molecule has 1 nitrogen and oxygen atoms in total. The van der Waals surface area contributed by atoms with Crippen molar-refractivity contribution in [3.8, 4) is 0 Å². The monoisotopic (exact) mass is 333 g/mol. The van der Waals surface area contributed by atoms with Crippen LogP contribution >= 0.6 is 43.5 Å². The van der Waals surface area contributed by atoms with Gasteiger partial charge in [-0.1, -0.05) is 0 Å². The molecule has 0 unspecified atom stereocenters. The topological polar surface area (TPSA) is 12.9 Å². The Bertz CT molecular complexity index is 320. The van der Waals surface area contributed by atoms with Crippen LogP contribution in [0.5, 0.6) is 0 Å². The van der Waals surface area contributed by atoms with E-state index in [1.165, 1.54) is 0 Å². The van der Waals surface area contributed by atoms with E-state index in [0.29, 0.717) is 14.6 Å². The van der Waals surface area contributed by atoms with Gasteiger partial charge in [0.25, 0.3) is 6.43 Å². The molecule has 0 amide bonds. The van der Waals surface area contributed by atoms with Gasteiger partial charge in [0.2, 0.25) is 0 Å². The molecule has 0 fully saturated rings. The molecule has 0 bridgehead atoms. The predicted octanol–water partition coefficient (Wildman–Crippen LogP) is 4.28. The molecule has 6 heteroatoms. The molecule has 1 heterocycles. The number of alkyl halides is 3. The Kier molecular flexibility index (Phi) is 4.06. The minimum absolute atomic E-state index is 0.134. The van der Waals surface area contributed by atoms with Gasteiger partial charge in [-0.25, -0.2) is 13.8 Å². The average Bonchev–Trinajstić information content (AvgIpc) is 2.04. The first-order valence-corrected chi connectivity index (χ1v) is 5.36. The zero-order valence-corrected chi connectivity index (χ0v) is 10.1. The second kappa shape index (κ2) is 4.66. The molecule has 0 aliphatic rings. The van der Waals surface area contributed by atoms with Gasteiger partial charge >= 0.3 is 0 Å². The maximum atomic E-state index is 12.3. The van der Waals surface area contributed by atoms with Crippen molar-refractivity contribution in [3.05, 3.63) is 26.4 Å². The second-order valence-corrected chi connectivity index (χ2v) is 4.04. The highest BCUT2D eigenvalue weighted by molar-refractivity contribution is 9.11. The smallest absolute Gasteiger partial charge is 0.248 e. The Morgan fingerprint density at radius 2 is 2.08 bits per heavy atom. The Morgan fingerprint density at radius 1 is 1.46 bits per heavy atom. The van der Waals surface area contributed by atoms with E-state index in [1.54, 1.807) is 0 Å². The quantitative estimate of drug-likeness (QED) is 0.581. The van der Waals surface area contributed by atoms with Crippen LogP contribution in [0, 0.1) is 0 Å². The molecule has 0 radical (unpaired) electrons. The highest BCUT2D eigenvalue weighted by Gasteiger charge is 2.16. The van der Waals surface area contributed by atoms with Crippen LogP contribution in [0.25, 0.3) is 0 Å². The summed E-state index contributed by atoms with van der Waals surface area (Å²) in [7, 11) is 0. The Hall–Kier alpha value is 0.260. The van der Waals surface area contributed by atoms with Crippen LogP contribution < -0.4 is 0 Å². The van der Waals surface area contributed by atoms with Crippen molar-refractivity contribution in [2.24, 2.45) is 0 Å². The average molecular weight is 335 g/mol. The molecule has 0 saturated carbocycles. The van der Waals surface area contributed by atoms with E-state index < -0.39 is 6.43 Å². The number of nitrogens with zero attached hydrogens (tertiary/aromatic N) is 1. The summed E-state index contributed by atoms with van der Waals surface area (Å²) in [5.41, 5.74) is 0.401. The van der Waals surface area contributed by atoms with Crippen molar-refractivity contribution in [3.63, 3.8) is 0 Å². The molecular formula is C7H4Br2ClF2N. The van der Waals surface area contributed by atoms with Gasteiger partial charge in [-0.15, -0.1) is 11.6 Å². The van der Waals surface area contributed by atoms with Gasteiger partial charge in [0.15, 0.2) is 0 Å². The second-order valence-electron chi connectivity index (χ2n) is 2.23. The van der Waals surface area contributed by atoms with Crippen LogP contribution in [0.15, 0.2) is 15.3 Å². The number of halogens is 5. The van der Waals surface area contributed by atoms with Crippen LogP contribution in [-0.2, 0) is 5.88 Å². The predicted molar refractivity (Wildman–Crippen MR) is 54.2 cm³/mol. The molecule has 72 valence electrons.